The fraction of sp³-hybridized carbons (Fsp3) is 0.643. The third-order valence-corrected chi connectivity index (χ3v) is 14.9. The van der Waals surface area contributed by atoms with Gasteiger partial charge in [-0.2, -0.15) is 0 Å². The summed E-state index contributed by atoms with van der Waals surface area (Å²) < 4.78 is 54.9. The van der Waals surface area contributed by atoms with Gasteiger partial charge >= 0.3 is 5.97 Å². The van der Waals surface area contributed by atoms with Crippen molar-refractivity contribution in [3.63, 3.8) is 0 Å². The van der Waals surface area contributed by atoms with Crippen molar-refractivity contribution in [1.29, 1.82) is 0 Å². The van der Waals surface area contributed by atoms with E-state index in [1.54, 1.807) is 33.8 Å². The third kappa shape index (κ3) is 7.42. The summed E-state index contributed by atoms with van der Waals surface area (Å²) in [7, 11) is -4.00. The van der Waals surface area contributed by atoms with E-state index in [0.29, 0.717) is 61.6 Å². The Morgan fingerprint density at radius 2 is 1.86 bits per heavy atom. The molecular formula is C42H53FN4O8S. The number of carbonyl (C=O) groups excluding carboxylic acids is 4. The molecule has 5 atom stereocenters. The molecule has 3 aliphatic carbocycles. The number of nitrogens with one attached hydrogen (secondary N) is 2. The molecule has 8 rings (SSSR count). The normalized spacial score (nSPS) is 30.8. The lowest BCUT2D eigenvalue weighted by Gasteiger charge is -2.37. The lowest BCUT2D eigenvalue weighted by atomic mass is 9.86. The SMILES string of the molecule is CC(C)(C)OC(=O)C[C@H]1CCCCC/C=C\C2CC2(C(=O)NS(=O)(=O)C2(C)CC2)NC(=O)C2C[C@]3(CCc4c(c(C5CC5)nc5ccc(F)cc45)O3)CN2C1=O. The van der Waals surface area contributed by atoms with E-state index in [-0.39, 0.29) is 43.4 Å². The molecule has 4 fully saturated rings. The van der Waals surface area contributed by atoms with Crippen molar-refractivity contribution in [2.45, 2.75) is 151 Å². The van der Waals surface area contributed by atoms with Crippen LogP contribution in [0, 0.1) is 17.7 Å². The zero-order valence-corrected chi connectivity index (χ0v) is 33.6. The Kier molecular flexibility index (Phi) is 9.56. The van der Waals surface area contributed by atoms with Crippen molar-refractivity contribution in [3.05, 3.63) is 47.4 Å². The van der Waals surface area contributed by atoms with E-state index in [4.69, 9.17) is 14.5 Å². The zero-order chi connectivity index (χ0) is 39.8. The highest BCUT2D eigenvalue weighted by atomic mass is 32.2. The van der Waals surface area contributed by atoms with Crippen molar-refractivity contribution in [2.24, 2.45) is 11.8 Å². The lowest BCUT2D eigenvalue weighted by Crippen LogP contribution is -2.57. The van der Waals surface area contributed by atoms with Crippen LogP contribution in [0.25, 0.3) is 10.9 Å². The largest absolute Gasteiger partial charge is 0.483 e. The van der Waals surface area contributed by atoms with Crippen LogP contribution in [0.4, 0.5) is 4.39 Å². The first kappa shape index (κ1) is 38.8. The van der Waals surface area contributed by atoms with Crippen molar-refractivity contribution in [2.75, 3.05) is 6.54 Å². The van der Waals surface area contributed by atoms with Crippen LogP contribution in [-0.4, -0.2) is 76.1 Å². The molecule has 3 saturated carbocycles. The molecular weight excluding hydrogens is 740 g/mol. The van der Waals surface area contributed by atoms with Gasteiger partial charge in [-0.3, -0.25) is 23.9 Å². The van der Waals surface area contributed by atoms with Crippen LogP contribution in [0.2, 0.25) is 0 Å². The van der Waals surface area contributed by atoms with E-state index in [2.05, 4.69) is 10.0 Å². The number of sulfonamides is 1. The molecule has 6 aliphatic rings. The van der Waals surface area contributed by atoms with Crippen LogP contribution < -0.4 is 14.8 Å². The van der Waals surface area contributed by atoms with Crippen LogP contribution in [-0.2, 0) is 40.4 Å². The highest BCUT2D eigenvalue weighted by Gasteiger charge is 2.64. The number of esters is 1. The molecule has 302 valence electrons. The molecule has 1 aromatic heterocycles. The molecule has 14 heteroatoms. The van der Waals surface area contributed by atoms with Gasteiger partial charge in [0.05, 0.1) is 28.9 Å². The molecule has 2 aromatic rings. The minimum Gasteiger partial charge on any atom is -0.483 e. The number of pyridine rings is 1. The molecule has 2 N–H and O–H groups in total. The van der Waals surface area contributed by atoms with Gasteiger partial charge in [0.25, 0.3) is 5.91 Å². The van der Waals surface area contributed by atoms with Gasteiger partial charge in [-0.05, 0) is 110 Å². The van der Waals surface area contributed by atoms with Crippen molar-refractivity contribution < 1.29 is 41.5 Å². The number of allylic oxidation sites excluding steroid dienone is 1. The Labute approximate surface area is 327 Å². The lowest BCUT2D eigenvalue weighted by molar-refractivity contribution is -0.159. The number of carbonyl (C=O) groups is 4. The van der Waals surface area contributed by atoms with E-state index < -0.39 is 67.2 Å². The summed E-state index contributed by atoms with van der Waals surface area (Å²) in [5, 5.41) is 3.63. The van der Waals surface area contributed by atoms with Crippen LogP contribution >= 0.6 is 0 Å². The second-order valence-electron chi connectivity index (χ2n) is 18.4. The Hall–Kier alpha value is -4.07. The molecule has 3 aliphatic heterocycles. The van der Waals surface area contributed by atoms with Crippen LogP contribution in [0.15, 0.2) is 30.4 Å². The minimum atomic E-state index is -4.00. The number of aryl methyl sites for hydroxylation is 1. The van der Waals surface area contributed by atoms with Crippen molar-refractivity contribution >= 4 is 44.6 Å². The fourth-order valence-corrected chi connectivity index (χ4v) is 10.2. The van der Waals surface area contributed by atoms with Gasteiger partial charge in [-0.15, -0.1) is 0 Å². The Morgan fingerprint density at radius 1 is 1.09 bits per heavy atom. The molecule has 12 nitrogen and oxygen atoms in total. The van der Waals surface area contributed by atoms with Gasteiger partial charge in [-0.25, -0.2) is 17.8 Å². The molecule has 1 saturated heterocycles. The second-order valence-corrected chi connectivity index (χ2v) is 20.6. The second kappa shape index (κ2) is 13.8. The van der Waals surface area contributed by atoms with E-state index >= 15 is 0 Å². The zero-order valence-electron chi connectivity index (χ0n) is 32.7. The number of rotatable bonds is 6. The van der Waals surface area contributed by atoms with Gasteiger partial charge in [0.1, 0.15) is 34.3 Å². The highest BCUT2D eigenvalue weighted by molar-refractivity contribution is 7.91. The van der Waals surface area contributed by atoms with E-state index in [1.165, 1.54) is 17.0 Å². The summed E-state index contributed by atoms with van der Waals surface area (Å²) in [5.41, 5.74) is -0.927. The number of halogens is 1. The maximum absolute atomic E-state index is 14.8. The van der Waals surface area contributed by atoms with Crippen LogP contribution in [0.5, 0.6) is 5.75 Å². The number of ether oxygens (including phenoxy) is 2. The molecule has 4 heterocycles. The third-order valence-electron chi connectivity index (χ3n) is 12.7. The average Bonchev–Trinajstić information content (AvgIpc) is 4.05. The van der Waals surface area contributed by atoms with Crippen LogP contribution in [0.1, 0.15) is 128 Å². The Bertz CT molecular complexity index is 2130. The molecule has 0 radical (unpaired) electrons. The number of hydrogen-bond donors (Lipinski definition) is 2. The van der Waals surface area contributed by atoms with Gasteiger partial charge < -0.3 is 19.7 Å². The maximum atomic E-state index is 14.8. The van der Waals surface area contributed by atoms with Crippen LogP contribution in [0.3, 0.4) is 0 Å². The fourth-order valence-electron chi connectivity index (χ4n) is 8.88. The number of nitrogens with zero attached hydrogens (tertiary/aromatic N) is 2. The number of hydrogen-bond acceptors (Lipinski definition) is 9. The maximum Gasteiger partial charge on any atom is 0.307 e. The van der Waals surface area contributed by atoms with E-state index in [1.807, 2.05) is 12.2 Å². The predicted octanol–water partition coefficient (Wildman–Crippen LogP) is 5.66. The van der Waals surface area contributed by atoms with Gasteiger partial charge in [0, 0.05) is 35.1 Å². The Morgan fingerprint density at radius 3 is 2.57 bits per heavy atom. The molecule has 0 bridgehead atoms. The van der Waals surface area contributed by atoms with Gasteiger partial charge in [0.15, 0.2) is 0 Å². The highest BCUT2D eigenvalue weighted by Crippen LogP contribution is 2.52. The molecule has 1 spiro atoms. The van der Waals surface area contributed by atoms with Gasteiger partial charge in [0.2, 0.25) is 21.8 Å². The first-order valence-electron chi connectivity index (χ1n) is 20.3. The summed E-state index contributed by atoms with van der Waals surface area (Å²) in [6.07, 6.45) is 11.1. The monoisotopic (exact) mass is 792 g/mol. The molecule has 3 amide bonds. The standard InChI is InChI=1S/C42H53FN4O8S/c1-39(2,3)54-33(48)20-26-10-8-6-5-7-9-11-27-22-42(27,38(51)46-56(52,53)40(4)18-19-40)45-36(49)32-23-41(24-47(32)37(26)50)17-16-29-30-21-28(43)14-15-31(30)44-34(25-12-13-25)35(29)55-41/h9,11,14-15,21,25-27,32H,5-8,10,12-13,16-20,22-24H2,1-4H3,(H,45,49)(H,46,51)/b11-9-/t26-,27?,32?,41-,42?/m1/s1. The minimum absolute atomic E-state index is 0.0503. The smallest absolute Gasteiger partial charge is 0.307 e. The van der Waals surface area contributed by atoms with Gasteiger partial charge in [-0.1, -0.05) is 25.0 Å². The number of aromatic nitrogens is 1. The predicted molar refractivity (Wildman–Crippen MR) is 205 cm³/mol. The quantitative estimate of drug-likeness (QED) is 0.278. The molecule has 56 heavy (non-hydrogen) atoms. The Balaban J connectivity index is 1.15. The summed E-state index contributed by atoms with van der Waals surface area (Å²) in [5.74, 6) is -3.05. The van der Waals surface area contributed by atoms with E-state index in [9.17, 15) is 32.0 Å². The number of fused-ring (bicyclic) bond motifs is 5. The topological polar surface area (TPSA) is 161 Å². The first-order valence-corrected chi connectivity index (χ1v) is 21.8. The van der Waals surface area contributed by atoms with Crippen molar-refractivity contribution in [3.8, 4) is 5.75 Å². The summed E-state index contributed by atoms with van der Waals surface area (Å²) in [6.45, 7) is 6.97. The average molecular weight is 793 g/mol. The summed E-state index contributed by atoms with van der Waals surface area (Å²) >= 11 is 0. The molecule has 3 unspecified atom stereocenters. The van der Waals surface area contributed by atoms with E-state index in [0.717, 1.165) is 36.9 Å². The summed E-state index contributed by atoms with van der Waals surface area (Å²) in [4.78, 5) is 63.2. The number of amides is 3. The number of benzene rings is 1. The molecule has 1 aromatic carbocycles. The first-order chi connectivity index (χ1) is 26.4. The van der Waals surface area contributed by atoms with Crippen molar-refractivity contribution in [1.82, 2.24) is 19.9 Å². The summed E-state index contributed by atoms with van der Waals surface area (Å²) in [6, 6.07) is 3.48.